The maximum atomic E-state index is 9.02. The smallest absolute Gasteiger partial charge is 0.140 e. The number of imidazole rings is 1. The Hall–Kier alpha value is -3.06. The first-order chi connectivity index (χ1) is 11.2. The molecule has 0 unspecified atom stereocenters. The van der Waals surface area contributed by atoms with Crippen LogP contribution < -0.4 is 4.90 Å². The number of hydrogen-bond acceptors (Lipinski definition) is 3. The zero-order valence-corrected chi connectivity index (χ0v) is 13.3. The number of nitrogens with zero attached hydrogens (tertiary/aromatic N) is 4. The molecule has 0 saturated heterocycles. The van der Waals surface area contributed by atoms with Crippen LogP contribution in [0.1, 0.15) is 11.1 Å². The fourth-order valence-electron chi connectivity index (χ4n) is 2.54. The Balaban J connectivity index is 1.88. The van der Waals surface area contributed by atoms with Crippen LogP contribution in [0.4, 0.5) is 5.69 Å². The van der Waals surface area contributed by atoms with Crippen molar-refractivity contribution in [1.82, 2.24) is 9.55 Å². The Kier molecular flexibility index (Phi) is 4.11. The predicted molar refractivity (Wildman–Crippen MR) is 92.2 cm³/mol. The Morgan fingerprint density at radius 1 is 1.13 bits per heavy atom. The van der Waals surface area contributed by atoms with E-state index in [1.807, 2.05) is 50.8 Å². The number of hydrogen-bond donors (Lipinski definition) is 0. The lowest BCUT2D eigenvalue weighted by molar-refractivity contribution is 0.807. The Morgan fingerprint density at radius 3 is 2.61 bits per heavy atom. The zero-order valence-electron chi connectivity index (χ0n) is 13.3. The Bertz CT molecular complexity index is 838. The van der Waals surface area contributed by atoms with Crippen LogP contribution in [0.25, 0.3) is 11.4 Å². The molecule has 1 heterocycles. The standard InChI is InChI=1S/C19H18N4/c1-22(2)18-8-6-17(7-9-18)19-21-10-11-23(19)14-16-5-3-4-15(12-16)13-20/h3-12H,14H2,1-2H3. The zero-order chi connectivity index (χ0) is 16.2. The van der Waals surface area contributed by atoms with E-state index < -0.39 is 0 Å². The van der Waals surface area contributed by atoms with E-state index >= 15 is 0 Å². The summed E-state index contributed by atoms with van der Waals surface area (Å²) in [5, 5.41) is 9.02. The van der Waals surface area contributed by atoms with Crippen molar-refractivity contribution in [2.45, 2.75) is 6.54 Å². The van der Waals surface area contributed by atoms with E-state index in [0.717, 1.165) is 22.6 Å². The van der Waals surface area contributed by atoms with E-state index in [4.69, 9.17) is 5.26 Å². The minimum atomic E-state index is 0.680. The average Bonchev–Trinajstić information content (AvgIpc) is 3.03. The molecule has 23 heavy (non-hydrogen) atoms. The quantitative estimate of drug-likeness (QED) is 0.740. The van der Waals surface area contributed by atoms with Gasteiger partial charge in [0.15, 0.2) is 0 Å². The molecule has 0 spiro atoms. The molecule has 0 fully saturated rings. The van der Waals surface area contributed by atoms with Crippen LogP contribution in [-0.4, -0.2) is 23.6 Å². The third-order valence-corrected chi connectivity index (χ3v) is 3.77. The summed E-state index contributed by atoms with van der Waals surface area (Å²) in [6.07, 6.45) is 3.78. The highest BCUT2D eigenvalue weighted by atomic mass is 15.1. The molecule has 1 aromatic heterocycles. The van der Waals surface area contributed by atoms with Crippen molar-refractivity contribution in [3.05, 3.63) is 72.1 Å². The number of benzene rings is 2. The molecule has 2 aromatic carbocycles. The van der Waals surface area contributed by atoms with Crippen LogP contribution in [-0.2, 0) is 6.54 Å². The molecule has 0 N–H and O–H groups in total. The minimum absolute atomic E-state index is 0.680. The molecule has 0 atom stereocenters. The monoisotopic (exact) mass is 302 g/mol. The van der Waals surface area contributed by atoms with Crippen LogP contribution in [0.5, 0.6) is 0 Å². The molecular formula is C19H18N4. The molecule has 4 heteroatoms. The Morgan fingerprint density at radius 2 is 1.91 bits per heavy atom. The maximum absolute atomic E-state index is 9.02. The molecular weight excluding hydrogens is 284 g/mol. The number of rotatable bonds is 4. The summed E-state index contributed by atoms with van der Waals surface area (Å²) in [4.78, 5) is 6.56. The van der Waals surface area contributed by atoms with Crippen molar-refractivity contribution in [2.24, 2.45) is 0 Å². The van der Waals surface area contributed by atoms with Gasteiger partial charge in [-0.3, -0.25) is 0 Å². The second-order valence-electron chi connectivity index (χ2n) is 5.63. The van der Waals surface area contributed by atoms with E-state index in [1.165, 1.54) is 0 Å². The first kappa shape index (κ1) is 14.9. The second-order valence-corrected chi connectivity index (χ2v) is 5.63. The van der Waals surface area contributed by atoms with E-state index in [9.17, 15) is 0 Å². The van der Waals surface area contributed by atoms with E-state index in [1.54, 1.807) is 0 Å². The normalized spacial score (nSPS) is 10.3. The highest BCUT2D eigenvalue weighted by Gasteiger charge is 2.07. The minimum Gasteiger partial charge on any atom is -0.378 e. The van der Waals surface area contributed by atoms with Crippen LogP contribution in [0.3, 0.4) is 0 Å². The van der Waals surface area contributed by atoms with Gasteiger partial charge in [-0.15, -0.1) is 0 Å². The summed E-state index contributed by atoms with van der Waals surface area (Å²) in [6, 6.07) is 18.2. The number of nitriles is 1. The summed E-state index contributed by atoms with van der Waals surface area (Å²) in [7, 11) is 4.05. The SMILES string of the molecule is CN(C)c1ccc(-c2nccn2Cc2cccc(C#N)c2)cc1. The van der Waals surface area contributed by atoms with Gasteiger partial charge in [-0.1, -0.05) is 12.1 Å². The van der Waals surface area contributed by atoms with Crippen molar-refractivity contribution in [1.29, 1.82) is 5.26 Å². The molecule has 4 nitrogen and oxygen atoms in total. The molecule has 114 valence electrons. The second kappa shape index (κ2) is 6.37. The van der Waals surface area contributed by atoms with E-state index in [2.05, 4.69) is 44.8 Å². The molecule has 0 saturated carbocycles. The lowest BCUT2D eigenvalue weighted by Gasteiger charge is -2.13. The van der Waals surface area contributed by atoms with Gasteiger partial charge < -0.3 is 9.47 Å². The van der Waals surface area contributed by atoms with Crippen molar-refractivity contribution >= 4 is 5.69 Å². The summed E-state index contributed by atoms with van der Waals surface area (Å²) >= 11 is 0. The lowest BCUT2D eigenvalue weighted by atomic mass is 10.1. The number of aromatic nitrogens is 2. The first-order valence-corrected chi connectivity index (χ1v) is 7.45. The summed E-state index contributed by atoms with van der Waals surface area (Å²) in [6.45, 7) is 0.695. The molecule has 0 radical (unpaired) electrons. The Labute approximate surface area is 136 Å². The lowest BCUT2D eigenvalue weighted by Crippen LogP contribution is -2.08. The van der Waals surface area contributed by atoms with Crippen LogP contribution >= 0.6 is 0 Å². The van der Waals surface area contributed by atoms with Crippen LogP contribution in [0.15, 0.2) is 60.9 Å². The number of anilines is 1. The largest absolute Gasteiger partial charge is 0.378 e. The molecule has 0 aliphatic carbocycles. The molecule has 3 aromatic rings. The molecule has 0 aliphatic rings. The van der Waals surface area contributed by atoms with Crippen molar-refractivity contribution in [3.8, 4) is 17.5 Å². The molecule has 0 amide bonds. The van der Waals surface area contributed by atoms with Gasteiger partial charge in [-0.25, -0.2) is 4.98 Å². The predicted octanol–water partition coefficient (Wildman–Crippen LogP) is 3.54. The first-order valence-electron chi connectivity index (χ1n) is 7.45. The molecule has 0 aliphatic heterocycles. The van der Waals surface area contributed by atoms with Crippen LogP contribution in [0, 0.1) is 11.3 Å². The summed E-state index contributed by atoms with van der Waals surface area (Å²) in [5.74, 6) is 0.928. The fraction of sp³-hybridized carbons (Fsp3) is 0.158. The van der Waals surface area contributed by atoms with Gasteiger partial charge in [-0.2, -0.15) is 5.26 Å². The van der Waals surface area contributed by atoms with Gasteiger partial charge in [0.1, 0.15) is 5.82 Å². The fourth-order valence-corrected chi connectivity index (χ4v) is 2.54. The summed E-state index contributed by atoms with van der Waals surface area (Å²) in [5.41, 5.74) is 4.01. The third-order valence-electron chi connectivity index (χ3n) is 3.77. The van der Waals surface area contributed by atoms with Crippen molar-refractivity contribution in [2.75, 3.05) is 19.0 Å². The van der Waals surface area contributed by atoms with Gasteiger partial charge in [0.05, 0.1) is 11.6 Å². The third kappa shape index (κ3) is 3.24. The van der Waals surface area contributed by atoms with Gasteiger partial charge in [0.2, 0.25) is 0 Å². The molecule has 3 rings (SSSR count). The van der Waals surface area contributed by atoms with E-state index in [0.29, 0.717) is 12.1 Å². The van der Waals surface area contributed by atoms with Gasteiger partial charge in [0.25, 0.3) is 0 Å². The maximum Gasteiger partial charge on any atom is 0.140 e. The highest BCUT2D eigenvalue weighted by molar-refractivity contribution is 5.60. The van der Waals surface area contributed by atoms with Crippen molar-refractivity contribution < 1.29 is 0 Å². The highest BCUT2D eigenvalue weighted by Crippen LogP contribution is 2.22. The van der Waals surface area contributed by atoms with Gasteiger partial charge in [-0.05, 0) is 42.0 Å². The molecule has 0 bridgehead atoms. The van der Waals surface area contributed by atoms with E-state index in [-0.39, 0.29) is 0 Å². The average molecular weight is 302 g/mol. The van der Waals surface area contributed by atoms with Crippen LogP contribution in [0.2, 0.25) is 0 Å². The topological polar surface area (TPSA) is 44.9 Å². The van der Waals surface area contributed by atoms with Crippen molar-refractivity contribution in [3.63, 3.8) is 0 Å². The van der Waals surface area contributed by atoms with Gasteiger partial charge in [0, 0.05) is 44.3 Å². The summed E-state index contributed by atoms with van der Waals surface area (Å²) < 4.78 is 2.10. The van der Waals surface area contributed by atoms with Gasteiger partial charge >= 0.3 is 0 Å².